The number of halogens is 1. The van der Waals surface area contributed by atoms with Crippen LogP contribution in [-0.4, -0.2) is 14.7 Å². The van der Waals surface area contributed by atoms with Gasteiger partial charge in [-0.05, 0) is 35.9 Å². The highest BCUT2D eigenvalue weighted by Gasteiger charge is 2.11. The van der Waals surface area contributed by atoms with E-state index in [4.69, 9.17) is 20.5 Å². The molecule has 0 amide bonds. The number of hydrogen-bond donors (Lipinski definition) is 0. The number of rotatable bonds is 3. The van der Waals surface area contributed by atoms with Crippen LogP contribution in [0.4, 0.5) is 0 Å². The van der Waals surface area contributed by atoms with Crippen molar-refractivity contribution in [1.29, 1.82) is 0 Å². The third kappa shape index (κ3) is 2.88. The molecule has 124 valence electrons. The van der Waals surface area contributed by atoms with Gasteiger partial charge in [0.1, 0.15) is 0 Å². The zero-order chi connectivity index (χ0) is 17.4. The van der Waals surface area contributed by atoms with Gasteiger partial charge in [-0.2, -0.15) is 4.98 Å². The van der Waals surface area contributed by atoms with Gasteiger partial charge in [0.2, 0.25) is 5.82 Å². The molecule has 0 fully saturated rings. The van der Waals surface area contributed by atoms with Crippen molar-refractivity contribution in [3.8, 4) is 11.4 Å². The Labute approximate surface area is 147 Å². The largest absolute Gasteiger partial charge is 0.419 e. The number of aryl methyl sites for hydroxylation is 1. The quantitative estimate of drug-likeness (QED) is 0.556. The molecule has 2 aromatic carbocycles. The van der Waals surface area contributed by atoms with E-state index in [1.807, 2.05) is 30.3 Å². The van der Waals surface area contributed by atoms with Crippen molar-refractivity contribution < 1.29 is 8.94 Å². The van der Waals surface area contributed by atoms with Crippen molar-refractivity contribution in [3.05, 3.63) is 69.5 Å². The van der Waals surface area contributed by atoms with Crippen LogP contribution in [0.1, 0.15) is 11.5 Å². The van der Waals surface area contributed by atoms with Crippen LogP contribution in [0.25, 0.3) is 34.6 Å². The Hall–Kier alpha value is -3.12. The van der Waals surface area contributed by atoms with Gasteiger partial charge in [-0.3, -0.25) is 4.57 Å². The molecule has 4 rings (SSSR count). The summed E-state index contributed by atoms with van der Waals surface area (Å²) in [6.07, 6.45) is 3.50. The lowest BCUT2D eigenvalue weighted by Gasteiger charge is -1.95. The van der Waals surface area contributed by atoms with Gasteiger partial charge in [0, 0.05) is 23.7 Å². The lowest BCUT2D eigenvalue weighted by atomic mass is 10.2. The predicted molar refractivity (Wildman–Crippen MR) is 95.1 cm³/mol. The Balaban J connectivity index is 1.65. The first-order chi connectivity index (χ1) is 12.1. The number of hydrogen-bond acceptors (Lipinski definition) is 5. The predicted octanol–water partition coefficient (Wildman–Crippen LogP) is 4.01. The van der Waals surface area contributed by atoms with Gasteiger partial charge in [0.15, 0.2) is 5.58 Å². The third-order valence-corrected chi connectivity index (χ3v) is 4.15. The molecule has 4 aromatic rings. The summed E-state index contributed by atoms with van der Waals surface area (Å²) in [5, 5.41) is 4.60. The lowest BCUT2D eigenvalue weighted by molar-refractivity contribution is 0.411. The number of oxazole rings is 1. The van der Waals surface area contributed by atoms with E-state index in [0.29, 0.717) is 33.4 Å². The number of fused-ring (bicyclic) bond motifs is 1. The Morgan fingerprint density at radius 1 is 1.16 bits per heavy atom. The second-order valence-corrected chi connectivity index (χ2v) is 5.83. The minimum absolute atomic E-state index is 0.351. The minimum atomic E-state index is -0.413. The van der Waals surface area contributed by atoms with Crippen molar-refractivity contribution in [1.82, 2.24) is 14.7 Å². The van der Waals surface area contributed by atoms with Crippen LogP contribution < -0.4 is 5.76 Å². The van der Waals surface area contributed by atoms with E-state index >= 15 is 0 Å². The molecule has 6 nitrogen and oxygen atoms in total. The molecule has 0 unspecified atom stereocenters. The molecule has 2 heterocycles. The maximum atomic E-state index is 11.6. The highest BCUT2D eigenvalue weighted by Crippen LogP contribution is 2.22. The van der Waals surface area contributed by atoms with Gasteiger partial charge >= 0.3 is 5.76 Å². The first kappa shape index (κ1) is 15.4. The van der Waals surface area contributed by atoms with Crippen LogP contribution in [0.15, 0.2) is 56.2 Å². The lowest BCUT2D eigenvalue weighted by Crippen LogP contribution is -2.08. The van der Waals surface area contributed by atoms with Crippen molar-refractivity contribution >= 4 is 34.9 Å². The van der Waals surface area contributed by atoms with Crippen LogP contribution in [-0.2, 0) is 7.05 Å². The molecule has 0 saturated carbocycles. The first-order valence-electron chi connectivity index (χ1n) is 7.48. The van der Waals surface area contributed by atoms with Gasteiger partial charge < -0.3 is 8.94 Å². The number of nitrogens with zero attached hydrogens (tertiary/aromatic N) is 3. The fourth-order valence-corrected chi connectivity index (χ4v) is 2.66. The molecule has 0 aliphatic carbocycles. The minimum Gasteiger partial charge on any atom is -0.408 e. The first-order valence-corrected chi connectivity index (χ1v) is 7.86. The summed E-state index contributed by atoms with van der Waals surface area (Å²) in [6, 6.07) is 12.8. The molecular weight excluding hydrogens is 342 g/mol. The summed E-state index contributed by atoms with van der Waals surface area (Å²) in [5.41, 5.74) is 2.73. The summed E-state index contributed by atoms with van der Waals surface area (Å²) < 4.78 is 11.8. The van der Waals surface area contributed by atoms with E-state index in [-0.39, 0.29) is 0 Å². The van der Waals surface area contributed by atoms with Crippen LogP contribution in [0, 0.1) is 0 Å². The van der Waals surface area contributed by atoms with E-state index in [1.54, 1.807) is 31.3 Å². The van der Waals surface area contributed by atoms with E-state index in [9.17, 15) is 4.79 Å². The molecule has 2 aromatic heterocycles. The maximum Gasteiger partial charge on any atom is 0.419 e. The van der Waals surface area contributed by atoms with Crippen LogP contribution in [0.3, 0.4) is 0 Å². The molecule has 0 aliphatic heterocycles. The van der Waals surface area contributed by atoms with E-state index in [0.717, 1.165) is 5.56 Å². The average molecular weight is 354 g/mol. The highest BCUT2D eigenvalue weighted by molar-refractivity contribution is 6.32. The summed E-state index contributed by atoms with van der Waals surface area (Å²) >= 11 is 6.11. The monoisotopic (exact) mass is 353 g/mol. The molecule has 0 bridgehead atoms. The molecule has 0 aliphatic rings. The second kappa shape index (κ2) is 6.07. The van der Waals surface area contributed by atoms with Gasteiger partial charge in [0.25, 0.3) is 5.89 Å². The van der Waals surface area contributed by atoms with Crippen molar-refractivity contribution in [2.75, 3.05) is 0 Å². The third-order valence-electron chi connectivity index (χ3n) is 3.80. The summed E-state index contributed by atoms with van der Waals surface area (Å²) in [6.45, 7) is 0. The van der Waals surface area contributed by atoms with Crippen molar-refractivity contribution in [2.45, 2.75) is 0 Å². The molecular formula is C18H12ClN3O3. The van der Waals surface area contributed by atoms with Crippen molar-refractivity contribution in [2.24, 2.45) is 7.05 Å². The van der Waals surface area contributed by atoms with E-state index in [1.165, 1.54) is 4.57 Å². The Morgan fingerprint density at radius 2 is 2.00 bits per heavy atom. The zero-order valence-electron chi connectivity index (χ0n) is 13.1. The van der Waals surface area contributed by atoms with Crippen LogP contribution in [0.2, 0.25) is 5.02 Å². The summed E-state index contributed by atoms with van der Waals surface area (Å²) in [4.78, 5) is 15.9. The molecule has 0 spiro atoms. The second-order valence-electron chi connectivity index (χ2n) is 5.42. The highest BCUT2D eigenvalue weighted by atomic mass is 35.5. The summed E-state index contributed by atoms with van der Waals surface area (Å²) in [5.74, 6) is 0.348. The molecule has 0 atom stereocenters. The van der Waals surface area contributed by atoms with Gasteiger partial charge in [-0.1, -0.05) is 35.0 Å². The number of aromatic nitrogens is 3. The van der Waals surface area contributed by atoms with Gasteiger partial charge in [-0.15, -0.1) is 0 Å². The molecule has 0 saturated heterocycles. The molecule has 0 radical (unpaired) electrons. The normalized spacial score (nSPS) is 11.6. The van der Waals surface area contributed by atoms with E-state index < -0.39 is 5.76 Å². The number of benzene rings is 2. The fourth-order valence-electron chi connectivity index (χ4n) is 2.46. The van der Waals surface area contributed by atoms with Crippen molar-refractivity contribution in [3.63, 3.8) is 0 Å². The average Bonchev–Trinajstić information content (AvgIpc) is 3.19. The standard InChI is InChI=1S/C18H12ClN3O3/c1-22-14-8-6-12(10-15(14)24-18(22)23)17-20-16(25-21-17)9-7-11-4-2-3-5-13(11)19/h2-10H,1H3/b9-7+. The van der Waals surface area contributed by atoms with Crippen LogP contribution >= 0.6 is 11.6 Å². The van der Waals surface area contributed by atoms with Gasteiger partial charge in [-0.25, -0.2) is 4.79 Å². The summed E-state index contributed by atoms with van der Waals surface area (Å²) in [7, 11) is 1.65. The Bertz CT molecular complexity index is 1150. The maximum absolute atomic E-state index is 11.6. The zero-order valence-corrected chi connectivity index (χ0v) is 13.9. The Morgan fingerprint density at radius 3 is 2.84 bits per heavy atom. The molecule has 0 N–H and O–H groups in total. The smallest absolute Gasteiger partial charge is 0.408 e. The fraction of sp³-hybridized carbons (Fsp3) is 0.0556. The SMILES string of the molecule is Cn1c(=O)oc2cc(-c3noc(/C=C/c4ccccc4Cl)n3)ccc21. The van der Waals surface area contributed by atoms with Crippen LogP contribution in [0.5, 0.6) is 0 Å². The molecule has 25 heavy (non-hydrogen) atoms. The topological polar surface area (TPSA) is 74.1 Å². The van der Waals surface area contributed by atoms with Gasteiger partial charge in [0.05, 0.1) is 5.52 Å². The Kier molecular flexibility index (Phi) is 3.74. The van der Waals surface area contributed by atoms with E-state index in [2.05, 4.69) is 10.1 Å². The molecule has 7 heteroatoms.